The van der Waals surface area contributed by atoms with E-state index < -0.39 is 10.0 Å². The van der Waals surface area contributed by atoms with Crippen LogP contribution >= 0.6 is 12.2 Å². The van der Waals surface area contributed by atoms with E-state index >= 15 is 0 Å². The second-order valence-corrected chi connectivity index (χ2v) is 10.2. The van der Waals surface area contributed by atoms with Gasteiger partial charge in [0.1, 0.15) is 0 Å². The Morgan fingerprint density at radius 2 is 1.90 bits per heavy atom. The molecule has 1 amide bonds. The topological polar surface area (TPSA) is 99.8 Å². The monoisotopic (exact) mass is 454 g/mol. The number of ether oxygens (including phenoxy) is 1. The number of aryl methyl sites for hydroxylation is 2. The second kappa shape index (κ2) is 10.0. The number of carbonyl (C=O) groups is 1. The molecule has 2 aliphatic heterocycles. The van der Waals surface area contributed by atoms with Gasteiger partial charge in [0.15, 0.2) is 5.11 Å². The maximum atomic E-state index is 12.9. The fraction of sp³-hybridized carbons (Fsp3) is 0.600. The van der Waals surface area contributed by atoms with Gasteiger partial charge in [0.25, 0.3) is 0 Å². The maximum absolute atomic E-state index is 12.9. The van der Waals surface area contributed by atoms with Crippen molar-refractivity contribution in [2.24, 2.45) is 5.92 Å². The summed E-state index contributed by atoms with van der Waals surface area (Å²) in [6.07, 6.45) is 3.15. The number of benzene rings is 1. The number of hydrogen-bond acceptors (Lipinski definition) is 5. The lowest BCUT2D eigenvalue weighted by atomic mass is 9.98. The van der Waals surface area contributed by atoms with Gasteiger partial charge in [-0.05, 0) is 75.0 Å². The average molecular weight is 455 g/mol. The third kappa shape index (κ3) is 5.69. The SMILES string of the molecule is Cc1ccc(S(=O)(=O)N2CCC(C(=O)NNC(=S)NCC3CCCO3)CC2)cc1C. The number of carbonyl (C=O) groups excluding carboxylic acids is 1. The summed E-state index contributed by atoms with van der Waals surface area (Å²) in [5.74, 6) is -0.441. The van der Waals surface area contributed by atoms with E-state index in [1.54, 1.807) is 12.1 Å². The molecule has 3 rings (SSSR count). The molecule has 1 aromatic rings. The summed E-state index contributed by atoms with van der Waals surface area (Å²) in [4.78, 5) is 12.7. The molecule has 2 heterocycles. The summed E-state index contributed by atoms with van der Waals surface area (Å²) in [6, 6.07) is 5.17. The van der Waals surface area contributed by atoms with Crippen LogP contribution in [-0.4, -0.2) is 56.1 Å². The van der Waals surface area contributed by atoms with Gasteiger partial charge in [-0.25, -0.2) is 8.42 Å². The highest BCUT2D eigenvalue weighted by molar-refractivity contribution is 7.89. The minimum Gasteiger partial charge on any atom is -0.376 e. The van der Waals surface area contributed by atoms with Crippen molar-refractivity contribution in [3.8, 4) is 0 Å². The summed E-state index contributed by atoms with van der Waals surface area (Å²) >= 11 is 5.17. The van der Waals surface area contributed by atoms with Gasteiger partial charge >= 0.3 is 0 Å². The van der Waals surface area contributed by atoms with Gasteiger partial charge < -0.3 is 10.1 Å². The van der Waals surface area contributed by atoms with Crippen LogP contribution in [0.1, 0.15) is 36.8 Å². The molecule has 10 heteroatoms. The Hall–Kier alpha value is -1.75. The number of rotatable bonds is 5. The van der Waals surface area contributed by atoms with Crippen LogP contribution in [0.15, 0.2) is 23.1 Å². The van der Waals surface area contributed by atoms with Crippen LogP contribution in [0.5, 0.6) is 0 Å². The molecule has 0 aromatic heterocycles. The molecule has 0 spiro atoms. The Labute approximate surface area is 183 Å². The molecule has 0 saturated carbocycles. The summed E-state index contributed by atoms with van der Waals surface area (Å²) in [7, 11) is -3.55. The van der Waals surface area contributed by atoms with Gasteiger partial charge in [-0.3, -0.25) is 15.6 Å². The van der Waals surface area contributed by atoms with Crippen molar-refractivity contribution < 1.29 is 17.9 Å². The molecule has 0 radical (unpaired) electrons. The number of nitrogens with one attached hydrogen (secondary N) is 3. The molecule has 3 N–H and O–H groups in total. The largest absolute Gasteiger partial charge is 0.376 e. The van der Waals surface area contributed by atoms with Crippen molar-refractivity contribution in [1.82, 2.24) is 20.5 Å². The standard InChI is InChI=1S/C20H30N4O4S2/c1-14-5-6-18(12-15(14)2)30(26,27)24-9-7-16(8-10-24)19(25)22-23-20(29)21-13-17-4-3-11-28-17/h5-6,12,16-17H,3-4,7-11,13H2,1-2H3,(H,22,25)(H2,21,23,29). The van der Waals surface area contributed by atoms with Gasteiger partial charge in [-0.2, -0.15) is 4.31 Å². The predicted octanol–water partition coefficient (Wildman–Crippen LogP) is 1.38. The zero-order chi connectivity index (χ0) is 21.7. The molecular formula is C20H30N4O4S2. The zero-order valence-electron chi connectivity index (χ0n) is 17.4. The third-order valence-electron chi connectivity index (χ3n) is 5.75. The average Bonchev–Trinajstić information content (AvgIpc) is 3.26. The number of sulfonamides is 1. The smallest absolute Gasteiger partial charge is 0.243 e. The molecule has 1 atom stereocenters. The Kier molecular flexibility index (Phi) is 7.67. The van der Waals surface area contributed by atoms with E-state index in [2.05, 4.69) is 16.2 Å². The van der Waals surface area contributed by atoms with Crippen molar-refractivity contribution in [2.45, 2.75) is 50.5 Å². The van der Waals surface area contributed by atoms with Crippen LogP contribution in [0, 0.1) is 19.8 Å². The van der Waals surface area contributed by atoms with Gasteiger partial charge in [0.05, 0.1) is 11.0 Å². The molecule has 0 aliphatic carbocycles. The summed E-state index contributed by atoms with van der Waals surface area (Å²) < 4.78 is 32.8. The lowest BCUT2D eigenvalue weighted by Crippen LogP contribution is -2.51. The Morgan fingerprint density at radius 3 is 2.53 bits per heavy atom. The second-order valence-electron chi connectivity index (χ2n) is 7.88. The minimum absolute atomic E-state index is 0.157. The summed E-state index contributed by atoms with van der Waals surface area (Å²) in [5.41, 5.74) is 7.34. The normalized spacial score (nSPS) is 20.7. The van der Waals surface area contributed by atoms with Crippen molar-refractivity contribution in [3.05, 3.63) is 29.3 Å². The molecule has 2 aliphatic rings. The molecule has 2 saturated heterocycles. The van der Waals surface area contributed by atoms with Gasteiger partial charge in [0, 0.05) is 32.2 Å². The maximum Gasteiger partial charge on any atom is 0.243 e. The van der Waals surface area contributed by atoms with E-state index in [-0.39, 0.29) is 17.9 Å². The van der Waals surface area contributed by atoms with Gasteiger partial charge in [0.2, 0.25) is 15.9 Å². The molecule has 1 aromatic carbocycles. The van der Waals surface area contributed by atoms with E-state index in [1.165, 1.54) is 4.31 Å². The Balaban J connectivity index is 1.44. The van der Waals surface area contributed by atoms with Crippen LogP contribution in [0.2, 0.25) is 0 Å². The first-order valence-corrected chi connectivity index (χ1v) is 12.1. The highest BCUT2D eigenvalue weighted by Gasteiger charge is 2.32. The van der Waals surface area contributed by atoms with Crippen LogP contribution in [0.3, 0.4) is 0 Å². The Morgan fingerprint density at radius 1 is 1.17 bits per heavy atom. The molecule has 1 unspecified atom stereocenters. The van der Waals surface area contributed by atoms with Crippen molar-refractivity contribution in [1.29, 1.82) is 0 Å². The fourth-order valence-corrected chi connectivity index (χ4v) is 5.35. The number of hydrogen-bond donors (Lipinski definition) is 3. The van der Waals surface area contributed by atoms with Crippen molar-refractivity contribution in [2.75, 3.05) is 26.2 Å². The molecule has 0 bridgehead atoms. The number of hydrazine groups is 1. The number of amides is 1. The summed E-state index contributed by atoms with van der Waals surface area (Å²) in [5, 5.41) is 3.37. The van der Waals surface area contributed by atoms with E-state index in [1.807, 2.05) is 19.9 Å². The van der Waals surface area contributed by atoms with Crippen molar-refractivity contribution in [3.63, 3.8) is 0 Å². The zero-order valence-corrected chi connectivity index (χ0v) is 19.1. The van der Waals surface area contributed by atoms with Gasteiger partial charge in [-0.1, -0.05) is 6.07 Å². The molecular weight excluding hydrogens is 424 g/mol. The lowest BCUT2D eigenvalue weighted by molar-refractivity contribution is -0.126. The quantitative estimate of drug-likeness (QED) is 0.457. The third-order valence-corrected chi connectivity index (χ3v) is 7.90. The fourth-order valence-electron chi connectivity index (χ4n) is 3.66. The highest BCUT2D eigenvalue weighted by atomic mass is 32.2. The van der Waals surface area contributed by atoms with Crippen LogP contribution in [0.25, 0.3) is 0 Å². The first-order valence-electron chi connectivity index (χ1n) is 10.3. The van der Waals surface area contributed by atoms with Crippen LogP contribution in [-0.2, 0) is 19.6 Å². The number of piperidine rings is 1. The van der Waals surface area contributed by atoms with E-state index in [0.717, 1.165) is 30.6 Å². The molecule has 2 fully saturated rings. The Bertz CT molecular complexity index is 877. The van der Waals surface area contributed by atoms with E-state index in [9.17, 15) is 13.2 Å². The van der Waals surface area contributed by atoms with Crippen molar-refractivity contribution >= 4 is 33.3 Å². The lowest BCUT2D eigenvalue weighted by Gasteiger charge is -2.30. The summed E-state index contributed by atoms with van der Waals surface area (Å²) in [6.45, 7) is 5.87. The first-order chi connectivity index (χ1) is 14.3. The van der Waals surface area contributed by atoms with E-state index in [0.29, 0.717) is 42.5 Å². The first kappa shape index (κ1) is 22.9. The minimum atomic E-state index is -3.55. The number of thiocarbonyl (C=S) groups is 1. The molecule has 30 heavy (non-hydrogen) atoms. The van der Waals surface area contributed by atoms with E-state index in [4.69, 9.17) is 17.0 Å². The van der Waals surface area contributed by atoms with Crippen LogP contribution in [0.4, 0.5) is 0 Å². The van der Waals surface area contributed by atoms with Crippen LogP contribution < -0.4 is 16.2 Å². The number of nitrogens with zero attached hydrogens (tertiary/aromatic N) is 1. The predicted molar refractivity (Wildman–Crippen MR) is 118 cm³/mol. The highest BCUT2D eigenvalue weighted by Crippen LogP contribution is 2.25. The molecule has 8 nitrogen and oxygen atoms in total. The van der Waals surface area contributed by atoms with Gasteiger partial charge in [-0.15, -0.1) is 0 Å². The molecule has 166 valence electrons.